The van der Waals surface area contributed by atoms with E-state index in [1.165, 1.54) is 41.7 Å². The largest absolute Gasteiger partial charge is 0.376 e. The SMILES string of the molecule is O=C1c2ccccc2S(=O)(=O)c2cc(C(=O)N(C[C@H]3CCCO3)c3nc4ccccc4s3)ccc21. The van der Waals surface area contributed by atoms with Crippen LogP contribution < -0.4 is 4.90 Å². The molecule has 1 amide bonds. The fraction of sp³-hybridized carbons (Fsp3) is 0.192. The van der Waals surface area contributed by atoms with Crippen molar-refractivity contribution < 1.29 is 22.7 Å². The highest BCUT2D eigenvalue weighted by Gasteiger charge is 2.36. The summed E-state index contributed by atoms with van der Waals surface area (Å²) in [6.45, 7) is 0.954. The van der Waals surface area contributed by atoms with Gasteiger partial charge in [-0.1, -0.05) is 35.6 Å². The third-order valence-electron chi connectivity index (χ3n) is 6.35. The monoisotopic (exact) mass is 504 g/mol. The molecular weight excluding hydrogens is 484 g/mol. The van der Waals surface area contributed by atoms with Gasteiger partial charge in [-0.3, -0.25) is 14.5 Å². The summed E-state index contributed by atoms with van der Waals surface area (Å²) in [5.41, 5.74) is 1.18. The number of rotatable bonds is 4. The molecule has 0 aliphatic carbocycles. The molecule has 7 nitrogen and oxygen atoms in total. The summed E-state index contributed by atoms with van der Waals surface area (Å²) in [5.74, 6) is -0.754. The van der Waals surface area contributed by atoms with Crippen molar-refractivity contribution in [1.82, 2.24) is 4.98 Å². The maximum atomic E-state index is 13.8. The number of benzene rings is 3. The zero-order chi connectivity index (χ0) is 24.2. The number of amides is 1. The first-order chi connectivity index (χ1) is 16.9. The lowest BCUT2D eigenvalue weighted by atomic mass is 10.0. The van der Waals surface area contributed by atoms with Gasteiger partial charge in [-0.15, -0.1) is 0 Å². The Morgan fingerprint density at radius 3 is 2.60 bits per heavy atom. The van der Waals surface area contributed by atoms with Gasteiger partial charge in [0.25, 0.3) is 5.91 Å². The number of hydrogen-bond acceptors (Lipinski definition) is 7. The van der Waals surface area contributed by atoms with Crippen LogP contribution in [-0.2, 0) is 14.6 Å². The van der Waals surface area contributed by atoms with Crippen molar-refractivity contribution >= 4 is 48.2 Å². The summed E-state index contributed by atoms with van der Waals surface area (Å²) in [5, 5.41) is 0.522. The van der Waals surface area contributed by atoms with Gasteiger partial charge < -0.3 is 4.74 Å². The van der Waals surface area contributed by atoms with E-state index in [1.54, 1.807) is 17.0 Å². The van der Waals surface area contributed by atoms with E-state index in [1.807, 2.05) is 24.3 Å². The number of sulfone groups is 1. The van der Waals surface area contributed by atoms with E-state index >= 15 is 0 Å². The molecule has 1 aromatic heterocycles. The summed E-state index contributed by atoms with van der Waals surface area (Å²) < 4.78 is 33.4. The van der Waals surface area contributed by atoms with Crippen LogP contribution in [0.25, 0.3) is 10.2 Å². The fourth-order valence-electron chi connectivity index (χ4n) is 4.59. The summed E-state index contributed by atoms with van der Waals surface area (Å²) >= 11 is 1.40. The first-order valence-electron chi connectivity index (χ1n) is 11.3. The highest BCUT2D eigenvalue weighted by atomic mass is 32.2. The van der Waals surface area contributed by atoms with Crippen LogP contribution in [0.1, 0.15) is 39.1 Å². The Hall–Kier alpha value is -3.40. The standard InChI is InChI=1S/C26H20N2O5S2/c29-24-18-7-1-4-10-22(18)35(31,32)23-14-16(11-12-19(23)24)25(30)28(15-17-6-5-13-33-17)26-27-20-8-2-3-9-21(20)34-26/h1-4,7-12,14,17H,5-6,13,15H2/t17-/m1/s1. The van der Waals surface area contributed by atoms with Gasteiger partial charge in [-0.2, -0.15) is 0 Å². The first-order valence-corrected chi connectivity index (χ1v) is 13.6. The van der Waals surface area contributed by atoms with Gasteiger partial charge in [0.2, 0.25) is 9.84 Å². The van der Waals surface area contributed by atoms with Gasteiger partial charge in [0.15, 0.2) is 10.9 Å². The molecule has 9 heteroatoms. The van der Waals surface area contributed by atoms with Crippen molar-refractivity contribution in [3.8, 4) is 0 Å². The molecule has 0 bridgehead atoms. The molecule has 1 saturated heterocycles. The molecule has 0 unspecified atom stereocenters. The molecule has 6 rings (SSSR count). The average Bonchev–Trinajstić information content (AvgIpc) is 3.55. The molecule has 176 valence electrons. The van der Waals surface area contributed by atoms with Crippen molar-refractivity contribution in [2.45, 2.75) is 28.7 Å². The third kappa shape index (κ3) is 3.67. The van der Waals surface area contributed by atoms with E-state index in [0.717, 1.165) is 23.1 Å². The Morgan fingerprint density at radius 2 is 1.80 bits per heavy atom. The van der Waals surface area contributed by atoms with Crippen molar-refractivity contribution in [3.05, 3.63) is 83.4 Å². The number of anilines is 1. The molecule has 1 atom stereocenters. The number of nitrogens with zero attached hydrogens (tertiary/aromatic N) is 2. The lowest BCUT2D eigenvalue weighted by Gasteiger charge is -2.24. The molecule has 0 radical (unpaired) electrons. The zero-order valence-electron chi connectivity index (χ0n) is 18.5. The van der Waals surface area contributed by atoms with Gasteiger partial charge >= 0.3 is 0 Å². The molecule has 3 heterocycles. The van der Waals surface area contributed by atoms with Gasteiger partial charge in [0.1, 0.15) is 0 Å². The summed E-state index contributed by atoms with van der Waals surface area (Å²) in [6.07, 6.45) is 1.63. The highest BCUT2D eigenvalue weighted by molar-refractivity contribution is 7.91. The molecule has 35 heavy (non-hydrogen) atoms. The summed E-state index contributed by atoms with van der Waals surface area (Å²) in [6, 6.07) is 18.0. The molecule has 0 N–H and O–H groups in total. The Morgan fingerprint density at radius 1 is 1.03 bits per heavy atom. The Kier molecular flexibility index (Phi) is 5.28. The van der Waals surface area contributed by atoms with Gasteiger partial charge in [-0.25, -0.2) is 13.4 Å². The predicted molar refractivity (Wildman–Crippen MR) is 132 cm³/mol. The molecule has 4 aromatic rings. The maximum absolute atomic E-state index is 13.8. The topological polar surface area (TPSA) is 93.6 Å². The van der Waals surface area contributed by atoms with E-state index in [-0.39, 0.29) is 44.3 Å². The van der Waals surface area contributed by atoms with Gasteiger partial charge in [0.05, 0.1) is 32.7 Å². The maximum Gasteiger partial charge on any atom is 0.260 e. The Balaban J connectivity index is 1.43. The molecule has 0 spiro atoms. The molecule has 0 saturated carbocycles. The number of aromatic nitrogens is 1. The number of para-hydroxylation sites is 1. The minimum Gasteiger partial charge on any atom is -0.376 e. The quantitative estimate of drug-likeness (QED) is 0.358. The minimum absolute atomic E-state index is 0.0375. The van der Waals surface area contributed by atoms with Gasteiger partial charge in [0, 0.05) is 23.3 Å². The second kappa shape index (κ2) is 8.37. The zero-order valence-corrected chi connectivity index (χ0v) is 20.1. The second-order valence-electron chi connectivity index (χ2n) is 8.55. The molecule has 1 fully saturated rings. The lowest BCUT2D eigenvalue weighted by molar-refractivity contribution is 0.0916. The van der Waals surface area contributed by atoms with Crippen LogP contribution in [0.4, 0.5) is 5.13 Å². The number of ketones is 1. The highest BCUT2D eigenvalue weighted by Crippen LogP contribution is 2.36. The molecule has 3 aromatic carbocycles. The Bertz CT molecular complexity index is 1570. The number of carbonyl (C=O) groups excluding carboxylic acids is 2. The van der Waals surface area contributed by atoms with Crippen molar-refractivity contribution in [2.24, 2.45) is 0 Å². The van der Waals surface area contributed by atoms with Crippen LogP contribution in [0, 0.1) is 0 Å². The molecule has 2 aliphatic rings. The van der Waals surface area contributed by atoms with E-state index in [0.29, 0.717) is 18.3 Å². The number of ether oxygens (including phenoxy) is 1. The van der Waals surface area contributed by atoms with Crippen LogP contribution in [0.15, 0.2) is 76.5 Å². The number of hydrogen-bond donors (Lipinski definition) is 0. The fourth-order valence-corrected chi connectivity index (χ4v) is 7.24. The van der Waals surface area contributed by atoms with Crippen molar-refractivity contribution in [2.75, 3.05) is 18.1 Å². The summed E-state index contributed by atoms with van der Waals surface area (Å²) in [7, 11) is -3.95. The molecule has 2 aliphatic heterocycles. The normalized spacial score (nSPS) is 18.3. The lowest BCUT2D eigenvalue weighted by Crippen LogP contribution is -2.37. The minimum atomic E-state index is -3.95. The van der Waals surface area contributed by atoms with Crippen LogP contribution in [0.5, 0.6) is 0 Å². The number of thiazole rings is 1. The van der Waals surface area contributed by atoms with Crippen molar-refractivity contribution in [3.63, 3.8) is 0 Å². The first kappa shape index (κ1) is 22.1. The van der Waals surface area contributed by atoms with Crippen LogP contribution in [0.2, 0.25) is 0 Å². The van der Waals surface area contributed by atoms with Crippen LogP contribution in [-0.4, -0.2) is 44.3 Å². The van der Waals surface area contributed by atoms with E-state index in [4.69, 9.17) is 4.74 Å². The predicted octanol–water partition coefficient (Wildman–Crippen LogP) is 4.50. The Labute approximate surface area is 205 Å². The summed E-state index contributed by atoms with van der Waals surface area (Å²) in [4.78, 5) is 32.8. The number of fused-ring (bicyclic) bond motifs is 3. The van der Waals surface area contributed by atoms with Gasteiger partial charge in [-0.05, 0) is 55.3 Å². The van der Waals surface area contributed by atoms with Crippen LogP contribution in [0.3, 0.4) is 0 Å². The number of carbonyl (C=O) groups is 2. The van der Waals surface area contributed by atoms with E-state index < -0.39 is 9.84 Å². The smallest absolute Gasteiger partial charge is 0.260 e. The van der Waals surface area contributed by atoms with Crippen LogP contribution >= 0.6 is 11.3 Å². The van der Waals surface area contributed by atoms with E-state index in [9.17, 15) is 18.0 Å². The third-order valence-corrected chi connectivity index (χ3v) is 9.26. The van der Waals surface area contributed by atoms with E-state index in [2.05, 4.69) is 4.98 Å². The average molecular weight is 505 g/mol. The second-order valence-corrected chi connectivity index (χ2v) is 11.5. The molecular formula is C26H20N2O5S2. The van der Waals surface area contributed by atoms with Crippen molar-refractivity contribution in [1.29, 1.82) is 0 Å².